The minimum absolute atomic E-state index is 0.0153. The van der Waals surface area contributed by atoms with Crippen LogP contribution in [0, 0.1) is 5.92 Å². The molecule has 0 amide bonds. The van der Waals surface area contributed by atoms with E-state index in [0.717, 1.165) is 0 Å². The second kappa shape index (κ2) is 9.10. The van der Waals surface area contributed by atoms with Crippen LogP contribution in [0.4, 0.5) is 0 Å². The first-order valence-corrected chi connectivity index (χ1v) is 7.90. The predicted molar refractivity (Wildman–Crippen MR) is 68.7 cm³/mol. The summed E-state index contributed by atoms with van der Waals surface area (Å²) >= 11 is 5.58. The van der Waals surface area contributed by atoms with Crippen LogP contribution in [-0.2, 0) is 19.5 Å². The number of rotatable bonds is 10. The van der Waals surface area contributed by atoms with Crippen LogP contribution in [0.15, 0.2) is 0 Å². The second-order valence-corrected chi connectivity index (χ2v) is 5.89. The van der Waals surface area contributed by atoms with E-state index in [-0.39, 0.29) is 18.2 Å². The number of hydrogen-bond acceptors (Lipinski definition) is 4. The molecule has 0 saturated heterocycles. The number of nitrogens with one attached hydrogen (secondary N) is 1. The standard InChI is InChI=1S/C10H22ClNO4S/c1-4-15-10(16-5-2)7-12-17(13,14)8-9(3)6-11/h9-10,12H,4-8H2,1-3H3. The van der Waals surface area contributed by atoms with Gasteiger partial charge in [-0.25, -0.2) is 13.1 Å². The van der Waals surface area contributed by atoms with Gasteiger partial charge < -0.3 is 9.47 Å². The van der Waals surface area contributed by atoms with E-state index in [0.29, 0.717) is 19.1 Å². The summed E-state index contributed by atoms with van der Waals surface area (Å²) in [6.45, 7) is 6.52. The van der Waals surface area contributed by atoms with Gasteiger partial charge in [-0.05, 0) is 19.8 Å². The van der Waals surface area contributed by atoms with E-state index < -0.39 is 16.3 Å². The van der Waals surface area contributed by atoms with E-state index >= 15 is 0 Å². The summed E-state index contributed by atoms with van der Waals surface area (Å²) in [7, 11) is -3.32. The monoisotopic (exact) mass is 287 g/mol. The van der Waals surface area contributed by atoms with E-state index in [1.165, 1.54) is 0 Å². The number of ether oxygens (including phenoxy) is 2. The Morgan fingerprint density at radius 3 is 2.18 bits per heavy atom. The van der Waals surface area contributed by atoms with Crippen molar-refractivity contribution in [3.8, 4) is 0 Å². The van der Waals surface area contributed by atoms with Crippen LogP contribution in [0.3, 0.4) is 0 Å². The average molecular weight is 288 g/mol. The molecule has 0 aliphatic carbocycles. The third-order valence-corrected chi connectivity index (χ3v) is 4.08. The van der Waals surface area contributed by atoms with Crippen LogP contribution < -0.4 is 4.72 Å². The molecule has 0 aromatic rings. The molecule has 0 heterocycles. The molecule has 1 unspecified atom stereocenters. The maximum absolute atomic E-state index is 11.6. The number of halogens is 1. The molecular formula is C10H22ClNO4S. The number of hydrogen-bond donors (Lipinski definition) is 1. The van der Waals surface area contributed by atoms with E-state index in [1.807, 2.05) is 13.8 Å². The highest BCUT2D eigenvalue weighted by Crippen LogP contribution is 2.02. The van der Waals surface area contributed by atoms with Crippen LogP contribution in [0.2, 0.25) is 0 Å². The molecule has 0 aliphatic heterocycles. The number of sulfonamides is 1. The number of alkyl halides is 1. The third kappa shape index (κ3) is 8.79. The van der Waals surface area contributed by atoms with Gasteiger partial charge in [0.2, 0.25) is 10.0 Å². The van der Waals surface area contributed by atoms with Crippen LogP contribution in [0.1, 0.15) is 20.8 Å². The molecular weight excluding hydrogens is 266 g/mol. The van der Waals surface area contributed by atoms with E-state index in [9.17, 15) is 8.42 Å². The lowest BCUT2D eigenvalue weighted by Crippen LogP contribution is -2.37. The highest BCUT2D eigenvalue weighted by molar-refractivity contribution is 7.89. The molecule has 0 aromatic heterocycles. The maximum Gasteiger partial charge on any atom is 0.212 e. The van der Waals surface area contributed by atoms with Gasteiger partial charge in [0, 0.05) is 19.1 Å². The van der Waals surface area contributed by atoms with Gasteiger partial charge in [-0.1, -0.05) is 6.92 Å². The molecule has 0 fully saturated rings. The third-order valence-electron chi connectivity index (χ3n) is 1.94. The smallest absolute Gasteiger partial charge is 0.212 e. The zero-order valence-corrected chi connectivity index (χ0v) is 12.2. The molecule has 5 nitrogen and oxygen atoms in total. The Balaban J connectivity index is 4.13. The van der Waals surface area contributed by atoms with E-state index in [2.05, 4.69) is 4.72 Å². The van der Waals surface area contributed by atoms with Crippen molar-refractivity contribution in [2.45, 2.75) is 27.1 Å². The maximum atomic E-state index is 11.6. The summed E-state index contributed by atoms with van der Waals surface area (Å²) in [4.78, 5) is 0. The van der Waals surface area contributed by atoms with Gasteiger partial charge in [-0.2, -0.15) is 0 Å². The molecule has 1 atom stereocenters. The molecule has 7 heteroatoms. The minimum Gasteiger partial charge on any atom is -0.352 e. The summed E-state index contributed by atoms with van der Waals surface area (Å²) in [6, 6.07) is 0. The van der Waals surface area contributed by atoms with Gasteiger partial charge in [0.1, 0.15) is 0 Å². The predicted octanol–water partition coefficient (Wildman–Crippen LogP) is 1.18. The summed E-state index contributed by atoms with van der Waals surface area (Å²) < 4.78 is 36.2. The normalized spacial score (nSPS) is 14.2. The van der Waals surface area contributed by atoms with Crippen LogP contribution in [0.5, 0.6) is 0 Å². The van der Waals surface area contributed by atoms with Crippen molar-refractivity contribution in [2.75, 3.05) is 31.4 Å². The zero-order valence-electron chi connectivity index (χ0n) is 10.6. The fraction of sp³-hybridized carbons (Fsp3) is 1.00. The van der Waals surface area contributed by atoms with Crippen molar-refractivity contribution in [2.24, 2.45) is 5.92 Å². The highest BCUT2D eigenvalue weighted by Gasteiger charge is 2.17. The first kappa shape index (κ1) is 17.1. The van der Waals surface area contributed by atoms with Crippen molar-refractivity contribution in [3.05, 3.63) is 0 Å². The molecule has 0 bridgehead atoms. The largest absolute Gasteiger partial charge is 0.352 e. The van der Waals surface area contributed by atoms with Gasteiger partial charge in [-0.3, -0.25) is 0 Å². The Morgan fingerprint density at radius 2 is 1.76 bits per heavy atom. The molecule has 0 saturated carbocycles. The van der Waals surface area contributed by atoms with Crippen molar-refractivity contribution < 1.29 is 17.9 Å². The summed E-state index contributed by atoms with van der Waals surface area (Å²) in [5.74, 6) is 0.259. The fourth-order valence-corrected chi connectivity index (χ4v) is 2.82. The lowest BCUT2D eigenvalue weighted by molar-refractivity contribution is -0.130. The summed E-state index contributed by atoms with van der Waals surface area (Å²) in [5.41, 5.74) is 0. The van der Waals surface area contributed by atoms with Crippen molar-refractivity contribution in [3.63, 3.8) is 0 Å². The SMILES string of the molecule is CCOC(CNS(=O)(=O)CC(C)CCl)OCC. The Hall–Kier alpha value is 0.120. The fourth-order valence-electron chi connectivity index (χ4n) is 1.21. The summed E-state index contributed by atoms with van der Waals surface area (Å²) in [6.07, 6.45) is -0.536. The molecule has 1 N–H and O–H groups in total. The molecule has 0 radical (unpaired) electrons. The van der Waals surface area contributed by atoms with Crippen LogP contribution in [0.25, 0.3) is 0 Å². The van der Waals surface area contributed by atoms with E-state index in [1.54, 1.807) is 6.92 Å². The lowest BCUT2D eigenvalue weighted by atomic mass is 10.3. The van der Waals surface area contributed by atoms with Crippen molar-refractivity contribution >= 4 is 21.6 Å². The lowest BCUT2D eigenvalue weighted by Gasteiger charge is -2.18. The molecule has 0 aliphatic rings. The van der Waals surface area contributed by atoms with Gasteiger partial charge in [-0.15, -0.1) is 11.6 Å². The van der Waals surface area contributed by atoms with Gasteiger partial charge in [0.25, 0.3) is 0 Å². The molecule has 0 aromatic carbocycles. The molecule has 0 spiro atoms. The average Bonchev–Trinajstić information content (AvgIpc) is 2.26. The zero-order chi connectivity index (χ0) is 13.3. The minimum atomic E-state index is -3.32. The van der Waals surface area contributed by atoms with Crippen molar-refractivity contribution in [1.29, 1.82) is 0 Å². The molecule has 17 heavy (non-hydrogen) atoms. The van der Waals surface area contributed by atoms with Gasteiger partial charge in [0.15, 0.2) is 6.29 Å². The van der Waals surface area contributed by atoms with Crippen molar-refractivity contribution in [1.82, 2.24) is 4.72 Å². The topological polar surface area (TPSA) is 64.6 Å². The van der Waals surface area contributed by atoms with Crippen LogP contribution >= 0.6 is 11.6 Å². The Morgan fingerprint density at radius 1 is 1.24 bits per heavy atom. The molecule has 0 rings (SSSR count). The van der Waals surface area contributed by atoms with Crippen LogP contribution in [-0.4, -0.2) is 46.1 Å². The van der Waals surface area contributed by atoms with E-state index in [4.69, 9.17) is 21.1 Å². The second-order valence-electron chi connectivity index (χ2n) is 3.73. The van der Waals surface area contributed by atoms with Gasteiger partial charge in [0.05, 0.1) is 12.3 Å². The first-order chi connectivity index (χ1) is 7.95. The molecule has 104 valence electrons. The van der Waals surface area contributed by atoms with Gasteiger partial charge >= 0.3 is 0 Å². The summed E-state index contributed by atoms with van der Waals surface area (Å²) in [5, 5.41) is 0. The Kier molecular flexibility index (Phi) is 9.17. The first-order valence-electron chi connectivity index (χ1n) is 5.71. The highest BCUT2D eigenvalue weighted by atomic mass is 35.5. The quantitative estimate of drug-likeness (QED) is 0.484. The Labute approximate surface area is 109 Å². The Bertz CT molecular complexity index is 278.